The molecule has 2 rings (SSSR count). The van der Waals surface area contributed by atoms with Crippen molar-refractivity contribution in [3.63, 3.8) is 0 Å². The average molecular weight is 338 g/mol. The summed E-state index contributed by atoms with van der Waals surface area (Å²) in [6, 6.07) is 17.5. The number of aliphatic hydroxyl groups is 1. The summed E-state index contributed by atoms with van der Waals surface area (Å²) >= 11 is 0. The van der Waals surface area contributed by atoms with Gasteiger partial charge in [0.1, 0.15) is 5.76 Å². The van der Waals surface area contributed by atoms with Crippen molar-refractivity contribution in [3.05, 3.63) is 66.1 Å². The lowest BCUT2D eigenvalue weighted by Crippen LogP contribution is -2.08. The summed E-state index contributed by atoms with van der Waals surface area (Å²) in [5, 5.41) is 18.0. The lowest BCUT2D eigenvalue weighted by Gasteiger charge is -2.05. The SMILES string of the molecule is CCC/C(O)=C(\N=Nc1ccc(-c2ccccc2)cc1)C(=O)OCC. The molecule has 0 aliphatic carbocycles. The van der Waals surface area contributed by atoms with Crippen LogP contribution in [0.4, 0.5) is 5.69 Å². The van der Waals surface area contributed by atoms with E-state index in [4.69, 9.17) is 4.74 Å². The van der Waals surface area contributed by atoms with E-state index >= 15 is 0 Å². The minimum absolute atomic E-state index is 0.106. The molecule has 0 bridgehead atoms. The van der Waals surface area contributed by atoms with E-state index in [0.29, 0.717) is 18.5 Å². The number of esters is 1. The van der Waals surface area contributed by atoms with Crippen LogP contribution in [0.15, 0.2) is 76.3 Å². The van der Waals surface area contributed by atoms with E-state index in [0.717, 1.165) is 11.1 Å². The summed E-state index contributed by atoms with van der Waals surface area (Å²) in [5.41, 5.74) is 2.62. The first-order chi connectivity index (χ1) is 12.2. The number of carbonyl (C=O) groups is 1. The highest BCUT2D eigenvalue weighted by molar-refractivity contribution is 5.88. The molecule has 130 valence electrons. The Morgan fingerprint density at radius 2 is 1.64 bits per heavy atom. The van der Waals surface area contributed by atoms with E-state index in [-0.39, 0.29) is 18.1 Å². The van der Waals surface area contributed by atoms with Crippen LogP contribution in [0.1, 0.15) is 26.7 Å². The van der Waals surface area contributed by atoms with Crippen LogP contribution in [0.5, 0.6) is 0 Å². The Morgan fingerprint density at radius 1 is 1.00 bits per heavy atom. The summed E-state index contributed by atoms with van der Waals surface area (Å²) in [6.45, 7) is 3.81. The molecule has 0 saturated heterocycles. The molecule has 0 spiro atoms. The summed E-state index contributed by atoms with van der Waals surface area (Å²) < 4.78 is 4.93. The van der Waals surface area contributed by atoms with Crippen LogP contribution in [0, 0.1) is 0 Å². The van der Waals surface area contributed by atoms with Crippen molar-refractivity contribution < 1.29 is 14.6 Å². The summed E-state index contributed by atoms with van der Waals surface area (Å²) in [4.78, 5) is 11.9. The highest BCUT2D eigenvalue weighted by Gasteiger charge is 2.16. The van der Waals surface area contributed by atoms with Crippen molar-refractivity contribution >= 4 is 11.7 Å². The fourth-order valence-corrected chi connectivity index (χ4v) is 2.23. The molecule has 0 heterocycles. The van der Waals surface area contributed by atoms with Gasteiger partial charge in [-0.1, -0.05) is 49.4 Å². The van der Waals surface area contributed by atoms with E-state index in [2.05, 4.69) is 10.2 Å². The quantitative estimate of drug-likeness (QED) is 0.310. The molecule has 25 heavy (non-hydrogen) atoms. The summed E-state index contributed by atoms with van der Waals surface area (Å²) in [5.74, 6) is -0.774. The number of hydrogen-bond acceptors (Lipinski definition) is 5. The van der Waals surface area contributed by atoms with E-state index in [1.807, 2.05) is 61.5 Å². The van der Waals surface area contributed by atoms with Gasteiger partial charge in [0, 0.05) is 6.42 Å². The molecule has 1 N–H and O–H groups in total. The molecule has 0 aliphatic heterocycles. The number of hydrogen-bond donors (Lipinski definition) is 1. The van der Waals surface area contributed by atoms with Gasteiger partial charge in [-0.25, -0.2) is 4.79 Å². The Bertz CT molecular complexity index is 750. The molecule has 0 aliphatic rings. The van der Waals surface area contributed by atoms with Crippen LogP contribution >= 0.6 is 0 Å². The minimum Gasteiger partial charge on any atom is -0.510 e. The van der Waals surface area contributed by atoms with Gasteiger partial charge in [-0.05, 0) is 36.6 Å². The van der Waals surface area contributed by atoms with Crippen molar-refractivity contribution in [1.82, 2.24) is 0 Å². The predicted molar refractivity (Wildman–Crippen MR) is 97.6 cm³/mol. The van der Waals surface area contributed by atoms with E-state index in [1.165, 1.54) is 0 Å². The first-order valence-corrected chi connectivity index (χ1v) is 8.32. The van der Waals surface area contributed by atoms with Crippen molar-refractivity contribution in [1.29, 1.82) is 0 Å². The van der Waals surface area contributed by atoms with Crippen molar-refractivity contribution in [2.45, 2.75) is 26.7 Å². The Hall–Kier alpha value is -2.95. The summed E-state index contributed by atoms with van der Waals surface area (Å²) in [7, 11) is 0. The molecule has 0 unspecified atom stereocenters. The lowest BCUT2D eigenvalue weighted by atomic mass is 10.1. The zero-order chi connectivity index (χ0) is 18.1. The van der Waals surface area contributed by atoms with E-state index < -0.39 is 5.97 Å². The molecular formula is C20H22N2O3. The number of carbonyl (C=O) groups excluding carboxylic acids is 1. The maximum absolute atomic E-state index is 11.9. The van der Waals surface area contributed by atoms with Gasteiger partial charge in [-0.15, -0.1) is 5.11 Å². The maximum Gasteiger partial charge on any atom is 0.362 e. The fraction of sp³-hybridized carbons (Fsp3) is 0.250. The van der Waals surface area contributed by atoms with Crippen LogP contribution < -0.4 is 0 Å². The third-order valence-electron chi connectivity index (χ3n) is 3.47. The van der Waals surface area contributed by atoms with Gasteiger partial charge in [0.25, 0.3) is 0 Å². The number of nitrogens with zero attached hydrogens (tertiary/aromatic N) is 2. The van der Waals surface area contributed by atoms with Gasteiger partial charge in [0.15, 0.2) is 0 Å². The highest BCUT2D eigenvalue weighted by Crippen LogP contribution is 2.23. The first-order valence-electron chi connectivity index (χ1n) is 8.32. The van der Waals surface area contributed by atoms with Crippen LogP contribution in [0.25, 0.3) is 11.1 Å². The van der Waals surface area contributed by atoms with E-state index in [9.17, 15) is 9.90 Å². The van der Waals surface area contributed by atoms with E-state index in [1.54, 1.807) is 6.92 Å². The van der Waals surface area contributed by atoms with Gasteiger partial charge in [0.2, 0.25) is 5.70 Å². The van der Waals surface area contributed by atoms with Crippen LogP contribution in [-0.2, 0) is 9.53 Å². The molecule has 0 fully saturated rings. The molecule has 0 radical (unpaired) electrons. The lowest BCUT2D eigenvalue weighted by molar-refractivity contribution is -0.138. The van der Waals surface area contributed by atoms with Crippen molar-refractivity contribution in [2.75, 3.05) is 6.61 Å². The fourth-order valence-electron chi connectivity index (χ4n) is 2.23. The molecule has 0 amide bonds. The molecule has 0 saturated carbocycles. The molecule has 2 aromatic carbocycles. The van der Waals surface area contributed by atoms with Crippen LogP contribution in [0.2, 0.25) is 0 Å². The number of azo groups is 1. The average Bonchev–Trinajstić information content (AvgIpc) is 2.63. The third kappa shape index (κ3) is 5.28. The Morgan fingerprint density at radius 3 is 2.24 bits per heavy atom. The molecule has 5 heteroatoms. The minimum atomic E-state index is -0.668. The van der Waals surface area contributed by atoms with Crippen molar-refractivity contribution in [3.8, 4) is 11.1 Å². The maximum atomic E-state index is 11.9. The van der Waals surface area contributed by atoms with Gasteiger partial charge in [-0.3, -0.25) is 0 Å². The zero-order valence-electron chi connectivity index (χ0n) is 14.5. The number of ether oxygens (including phenoxy) is 1. The number of allylic oxidation sites excluding steroid dienone is 1. The predicted octanol–water partition coefficient (Wildman–Crippen LogP) is 5.57. The number of benzene rings is 2. The molecule has 2 aromatic rings. The van der Waals surface area contributed by atoms with Crippen molar-refractivity contribution in [2.24, 2.45) is 10.2 Å². The van der Waals surface area contributed by atoms with Gasteiger partial charge < -0.3 is 9.84 Å². The largest absolute Gasteiger partial charge is 0.510 e. The molecule has 0 aromatic heterocycles. The zero-order valence-corrected chi connectivity index (χ0v) is 14.5. The van der Waals surface area contributed by atoms with Gasteiger partial charge >= 0.3 is 5.97 Å². The summed E-state index contributed by atoms with van der Waals surface area (Å²) in [6.07, 6.45) is 1.04. The number of aliphatic hydroxyl groups excluding tert-OH is 1. The van der Waals surface area contributed by atoms with Crippen LogP contribution in [-0.4, -0.2) is 17.7 Å². The Kier molecular flexibility index (Phi) is 6.89. The van der Waals surface area contributed by atoms with Gasteiger partial charge in [0.05, 0.1) is 12.3 Å². The monoisotopic (exact) mass is 338 g/mol. The van der Waals surface area contributed by atoms with Gasteiger partial charge in [-0.2, -0.15) is 5.11 Å². The number of rotatable bonds is 7. The molecular weight excluding hydrogens is 316 g/mol. The van der Waals surface area contributed by atoms with Crippen LogP contribution in [0.3, 0.4) is 0 Å². The first kappa shape index (κ1) is 18.4. The Labute approximate surface area is 147 Å². The second-order valence-electron chi connectivity index (χ2n) is 5.38. The molecule has 0 atom stereocenters. The topological polar surface area (TPSA) is 71.2 Å². The molecule has 5 nitrogen and oxygen atoms in total. The highest BCUT2D eigenvalue weighted by atomic mass is 16.5. The smallest absolute Gasteiger partial charge is 0.362 e. The standard InChI is InChI=1S/C20H22N2O3/c1-3-8-18(23)19(20(24)25-4-2)22-21-17-13-11-16(12-14-17)15-9-6-5-7-10-15/h5-7,9-14,23H,3-4,8H2,1-2H3/b19-18+,22-21?. The third-order valence-corrected chi connectivity index (χ3v) is 3.47. The Balaban J connectivity index is 2.20. The second kappa shape index (κ2) is 9.37. The second-order valence-corrected chi connectivity index (χ2v) is 5.38. The normalized spacial score (nSPS) is 12.1.